The third kappa shape index (κ3) is 6.84. The number of thioether (sulfide) groups is 1. The van der Waals surface area contributed by atoms with Crippen molar-refractivity contribution in [1.29, 1.82) is 0 Å². The number of aromatic nitrogens is 3. The van der Waals surface area contributed by atoms with Crippen molar-refractivity contribution >= 4 is 51.9 Å². The highest BCUT2D eigenvalue weighted by molar-refractivity contribution is 14.1. The fourth-order valence-electron chi connectivity index (χ4n) is 3.81. The maximum Gasteiger partial charge on any atom is 0.251 e. The minimum atomic E-state index is -0.309. The van der Waals surface area contributed by atoms with E-state index in [-0.39, 0.29) is 29.5 Å². The third-order valence-corrected chi connectivity index (χ3v) is 7.29. The molecule has 0 radical (unpaired) electrons. The van der Waals surface area contributed by atoms with Crippen molar-refractivity contribution in [2.45, 2.75) is 59.3 Å². The summed E-state index contributed by atoms with van der Waals surface area (Å²) in [5.41, 5.74) is 4.64. The lowest BCUT2D eigenvalue weighted by molar-refractivity contribution is -0.113. The number of nitrogens with one attached hydrogen (secondary N) is 2. The number of carbonyl (C=O) groups excluding carboxylic acids is 2. The zero-order valence-electron chi connectivity index (χ0n) is 21.0. The van der Waals surface area contributed by atoms with Crippen LogP contribution in [0.4, 0.5) is 5.69 Å². The van der Waals surface area contributed by atoms with Crippen LogP contribution in [0.3, 0.4) is 0 Å². The zero-order valence-corrected chi connectivity index (χ0v) is 24.0. The summed E-state index contributed by atoms with van der Waals surface area (Å²) in [5.74, 6) is 0.765. The van der Waals surface area contributed by atoms with Crippen molar-refractivity contribution in [3.63, 3.8) is 0 Å². The van der Waals surface area contributed by atoms with Crippen molar-refractivity contribution in [3.05, 3.63) is 68.0 Å². The van der Waals surface area contributed by atoms with Gasteiger partial charge in [0.25, 0.3) is 5.91 Å². The maximum absolute atomic E-state index is 12.9. The molecule has 1 atom stereocenters. The number of aryl methyl sites for hydroxylation is 3. The molecule has 0 saturated carbocycles. The van der Waals surface area contributed by atoms with Gasteiger partial charge in [-0.1, -0.05) is 43.3 Å². The molecule has 0 aliphatic heterocycles. The van der Waals surface area contributed by atoms with Gasteiger partial charge in [-0.25, -0.2) is 0 Å². The Balaban J connectivity index is 1.72. The number of hydrogen-bond acceptors (Lipinski definition) is 5. The predicted octanol–water partition coefficient (Wildman–Crippen LogP) is 5.69. The largest absolute Gasteiger partial charge is 0.342 e. The highest BCUT2D eigenvalue weighted by Crippen LogP contribution is 2.27. The molecule has 0 saturated heterocycles. The van der Waals surface area contributed by atoms with E-state index in [1.54, 1.807) is 0 Å². The Kier molecular flexibility index (Phi) is 9.34. The molecule has 0 spiro atoms. The number of benzene rings is 2. The third-order valence-electron chi connectivity index (χ3n) is 5.70. The fraction of sp³-hybridized carbons (Fsp3) is 0.385. The van der Waals surface area contributed by atoms with Gasteiger partial charge in [-0.15, -0.1) is 10.2 Å². The topological polar surface area (TPSA) is 88.9 Å². The highest BCUT2D eigenvalue weighted by Gasteiger charge is 2.26. The van der Waals surface area contributed by atoms with E-state index in [0.29, 0.717) is 23.1 Å². The number of hydrogen-bond donors (Lipinski definition) is 2. The minimum Gasteiger partial charge on any atom is -0.342 e. The number of halogens is 1. The van der Waals surface area contributed by atoms with Crippen molar-refractivity contribution < 1.29 is 9.59 Å². The van der Waals surface area contributed by atoms with E-state index < -0.39 is 0 Å². The van der Waals surface area contributed by atoms with E-state index in [2.05, 4.69) is 43.4 Å². The summed E-state index contributed by atoms with van der Waals surface area (Å²) in [6.07, 6.45) is 0. The Labute approximate surface area is 225 Å². The Morgan fingerprint density at radius 2 is 1.69 bits per heavy atom. The molecule has 3 rings (SSSR count). The average Bonchev–Trinajstić information content (AvgIpc) is 3.21. The van der Waals surface area contributed by atoms with E-state index in [4.69, 9.17) is 0 Å². The maximum atomic E-state index is 12.9. The van der Waals surface area contributed by atoms with Gasteiger partial charge < -0.3 is 15.2 Å². The van der Waals surface area contributed by atoms with Gasteiger partial charge in [-0.2, -0.15) is 0 Å². The van der Waals surface area contributed by atoms with Crippen LogP contribution in [0.2, 0.25) is 0 Å². The van der Waals surface area contributed by atoms with Crippen LogP contribution in [0.1, 0.15) is 59.7 Å². The Morgan fingerprint density at radius 3 is 2.26 bits per heavy atom. The molecule has 9 heteroatoms. The number of rotatable bonds is 9. The molecule has 186 valence electrons. The van der Waals surface area contributed by atoms with E-state index >= 15 is 0 Å². The van der Waals surface area contributed by atoms with Crippen LogP contribution in [0, 0.1) is 30.3 Å². The van der Waals surface area contributed by atoms with Crippen molar-refractivity contribution in [3.8, 4) is 0 Å². The summed E-state index contributed by atoms with van der Waals surface area (Å²) >= 11 is 3.62. The molecule has 2 aromatic carbocycles. The van der Waals surface area contributed by atoms with Crippen molar-refractivity contribution in [2.24, 2.45) is 5.92 Å². The van der Waals surface area contributed by atoms with Gasteiger partial charge in [-0.3, -0.25) is 9.59 Å². The quantitative estimate of drug-likeness (QED) is 0.242. The number of carbonyl (C=O) groups is 2. The van der Waals surface area contributed by atoms with Gasteiger partial charge in [0, 0.05) is 21.4 Å². The predicted molar refractivity (Wildman–Crippen MR) is 150 cm³/mol. The second-order valence-electron chi connectivity index (χ2n) is 8.90. The van der Waals surface area contributed by atoms with Crippen LogP contribution in [-0.2, 0) is 11.3 Å². The molecule has 1 aromatic heterocycles. The summed E-state index contributed by atoms with van der Waals surface area (Å²) in [6.45, 7) is 12.7. The first-order valence-electron chi connectivity index (χ1n) is 11.6. The molecule has 7 nitrogen and oxygen atoms in total. The van der Waals surface area contributed by atoms with Gasteiger partial charge in [0.2, 0.25) is 5.91 Å². The standard InChI is InChI=1S/C26H32IN5O2S/c1-7-32-24(22(15(2)3)29-25(34)19-10-8-16(4)9-11-19)30-31-26(32)35-14-21(33)28-23-17(5)12-20(27)13-18(23)6/h8-13,15,22H,7,14H2,1-6H3,(H,28,33)(H,29,34)/t22-/m1/s1. The SMILES string of the molecule is CCn1c(SCC(=O)Nc2c(C)cc(I)cc2C)nnc1[C@H](NC(=O)c1ccc(C)cc1)C(C)C. The first-order valence-corrected chi connectivity index (χ1v) is 13.7. The molecule has 0 unspecified atom stereocenters. The van der Waals surface area contributed by atoms with Gasteiger partial charge in [0.15, 0.2) is 11.0 Å². The van der Waals surface area contributed by atoms with Gasteiger partial charge in [0.05, 0.1) is 11.8 Å². The molecule has 1 heterocycles. The summed E-state index contributed by atoms with van der Waals surface area (Å²) in [7, 11) is 0. The van der Waals surface area contributed by atoms with Crippen LogP contribution in [-0.4, -0.2) is 32.3 Å². The van der Waals surface area contributed by atoms with E-state index in [9.17, 15) is 9.59 Å². The molecule has 0 aliphatic carbocycles. The second kappa shape index (κ2) is 12.0. The zero-order chi connectivity index (χ0) is 25.7. The normalized spacial score (nSPS) is 12.0. The molecule has 0 aliphatic rings. The summed E-state index contributed by atoms with van der Waals surface area (Å²) in [4.78, 5) is 25.6. The molecule has 2 amide bonds. The van der Waals surface area contributed by atoms with Crippen molar-refractivity contribution in [2.75, 3.05) is 11.1 Å². The lowest BCUT2D eigenvalue weighted by atomic mass is 10.0. The van der Waals surface area contributed by atoms with Gasteiger partial charge in [-0.05, 0) is 91.6 Å². The summed E-state index contributed by atoms with van der Waals surface area (Å²) in [5, 5.41) is 15.6. The summed E-state index contributed by atoms with van der Waals surface area (Å²) in [6, 6.07) is 11.3. The summed E-state index contributed by atoms with van der Waals surface area (Å²) < 4.78 is 3.11. The van der Waals surface area contributed by atoms with E-state index in [1.807, 2.05) is 82.5 Å². The Bertz CT molecular complexity index is 1180. The fourth-order valence-corrected chi connectivity index (χ4v) is 5.55. The minimum absolute atomic E-state index is 0.0947. The van der Waals surface area contributed by atoms with E-state index in [0.717, 1.165) is 25.9 Å². The van der Waals surface area contributed by atoms with Crippen LogP contribution in [0.15, 0.2) is 41.6 Å². The van der Waals surface area contributed by atoms with Crippen LogP contribution in [0.25, 0.3) is 0 Å². The smallest absolute Gasteiger partial charge is 0.251 e. The van der Waals surface area contributed by atoms with Crippen LogP contribution in [0.5, 0.6) is 0 Å². The average molecular weight is 606 g/mol. The molecule has 0 bridgehead atoms. The molecule has 2 N–H and O–H groups in total. The van der Waals surface area contributed by atoms with E-state index in [1.165, 1.54) is 11.8 Å². The number of nitrogens with zero attached hydrogens (tertiary/aromatic N) is 3. The highest BCUT2D eigenvalue weighted by atomic mass is 127. The first-order chi connectivity index (χ1) is 16.6. The van der Waals surface area contributed by atoms with Crippen LogP contribution < -0.4 is 10.6 Å². The Morgan fingerprint density at radius 1 is 1.06 bits per heavy atom. The van der Waals surface area contributed by atoms with Crippen molar-refractivity contribution in [1.82, 2.24) is 20.1 Å². The lowest BCUT2D eigenvalue weighted by Gasteiger charge is -2.22. The van der Waals surface area contributed by atoms with Gasteiger partial charge in [0.1, 0.15) is 0 Å². The Hall–Kier alpha value is -2.40. The second-order valence-corrected chi connectivity index (χ2v) is 11.1. The molecule has 0 fully saturated rings. The first kappa shape index (κ1) is 27.2. The van der Waals surface area contributed by atoms with Crippen LogP contribution >= 0.6 is 34.4 Å². The number of amides is 2. The number of anilines is 1. The molecular formula is C26H32IN5O2S. The molecule has 35 heavy (non-hydrogen) atoms. The molecule has 3 aromatic rings. The van der Waals surface area contributed by atoms with Gasteiger partial charge >= 0.3 is 0 Å². The monoisotopic (exact) mass is 605 g/mol. The molecular weight excluding hydrogens is 573 g/mol. The lowest BCUT2D eigenvalue weighted by Crippen LogP contribution is -2.33.